The van der Waals surface area contributed by atoms with Gasteiger partial charge in [0.1, 0.15) is 0 Å². The number of hydrogen-bond acceptors (Lipinski definition) is 4. The van der Waals surface area contributed by atoms with Gasteiger partial charge in [0.25, 0.3) is 5.91 Å². The maximum Gasteiger partial charge on any atom is 0.254 e. The van der Waals surface area contributed by atoms with Gasteiger partial charge in [-0.3, -0.25) is 4.79 Å². The standard InChI is InChI=1S/C22H29NO4/c1-5-23(16-17-12-10-9-11-13-17)22(24)18-14-19(25-6-2)21(27-8-4)20(15-18)26-7-3/h9-15H,5-8,16H2,1-4H3. The van der Waals surface area contributed by atoms with Crippen molar-refractivity contribution >= 4 is 5.91 Å². The molecule has 1 amide bonds. The molecular weight excluding hydrogens is 342 g/mol. The van der Waals surface area contributed by atoms with Crippen LogP contribution in [0.25, 0.3) is 0 Å². The quantitative estimate of drug-likeness (QED) is 0.615. The van der Waals surface area contributed by atoms with Gasteiger partial charge >= 0.3 is 0 Å². The van der Waals surface area contributed by atoms with Crippen LogP contribution in [0.15, 0.2) is 42.5 Å². The Bertz CT molecular complexity index is 703. The van der Waals surface area contributed by atoms with E-state index in [9.17, 15) is 4.79 Å². The van der Waals surface area contributed by atoms with Crippen molar-refractivity contribution in [2.45, 2.75) is 34.2 Å². The van der Waals surface area contributed by atoms with Gasteiger partial charge in [0.15, 0.2) is 11.5 Å². The number of ether oxygens (including phenoxy) is 3. The number of carbonyl (C=O) groups excluding carboxylic acids is 1. The Morgan fingerprint density at radius 1 is 0.852 bits per heavy atom. The SMILES string of the molecule is CCOc1cc(C(=O)N(CC)Cc2ccccc2)cc(OCC)c1OCC. The molecule has 0 N–H and O–H groups in total. The minimum Gasteiger partial charge on any atom is -0.490 e. The number of carbonyl (C=O) groups is 1. The first-order valence-corrected chi connectivity index (χ1v) is 9.54. The molecule has 0 spiro atoms. The fraction of sp³-hybridized carbons (Fsp3) is 0.409. The monoisotopic (exact) mass is 371 g/mol. The number of amides is 1. The predicted octanol–water partition coefficient (Wildman–Crippen LogP) is 4.55. The van der Waals surface area contributed by atoms with Crippen LogP contribution in [0, 0.1) is 0 Å². The Hall–Kier alpha value is -2.69. The molecule has 5 heteroatoms. The third-order valence-electron chi connectivity index (χ3n) is 4.04. The Kier molecular flexibility index (Phi) is 7.99. The third-order valence-corrected chi connectivity index (χ3v) is 4.04. The largest absolute Gasteiger partial charge is 0.490 e. The second kappa shape index (κ2) is 10.5. The molecule has 0 radical (unpaired) electrons. The highest BCUT2D eigenvalue weighted by atomic mass is 16.5. The zero-order valence-corrected chi connectivity index (χ0v) is 16.7. The Labute approximate surface area is 161 Å². The van der Waals surface area contributed by atoms with Gasteiger partial charge in [0.05, 0.1) is 19.8 Å². The van der Waals surface area contributed by atoms with Crippen LogP contribution in [-0.4, -0.2) is 37.2 Å². The zero-order valence-electron chi connectivity index (χ0n) is 16.7. The summed E-state index contributed by atoms with van der Waals surface area (Å²) in [5, 5.41) is 0. The summed E-state index contributed by atoms with van der Waals surface area (Å²) >= 11 is 0. The topological polar surface area (TPSA) is 48.0 Å². The van der Waals surface area contributed by atoms with E-state index in [4.69, 9.17) is 14.2 Å². The summed E-state index contributed by atoms with van der Waals surface area (Å²) in [5.74, 6) is 1.55. The van der Waals surface area contributed by atoms with Crippen molar-refractivity contribution in [3.05, 3.63) is 53.6 Å². The lowest BCUT2D eigenvalue weighted by atomic mass is 10.1. The van der Waals surface area contributed by atoms with Gasteiger partial charge in [-0.1, -0.05) is 30.3 Å². The van der Waals surface area contributed by atoms with Crippen molar-refractivity contribution in [3.63, 3.8) is 0 Å². The molecule has 0 aliphatic carbocycles. The van der Waals surface area contributed by atoms with E-state index in [0.29, 0.717) is 55.7 Å². The first kappa shape index (κ1) is 20.6. The Morgan fingerprint density at radius 2 is 1.41 bits per heavy atom. The molecule has 2 rings (SSSR count). The molecule has 0 saturated carbocycles. The first-order valence-electron chi connectivity index (χ1n) is 9.54. The van der Waals surface area contributed by atoms with Gasteiger partial charge in [-0.2, -0.15) is 0 Å². The maximum absolute atomic E-state index is 13.1. The van der Waals surface area contributed by atoms with Crippen molar-refractivity contribution in [2.75, 3.05) is 26.4 Å². The van der Waals surface area contributed by atoms with Crippen molar-refractivity contribution in [1.82, 2.24) is 4.90 Å². The summed E-state index contributed by atoms with van der Waals surface area (Å²) in [6, 6.07) is 13.4. The third kappa shape index (κ3) is 5.39. The van der Waals surface area contributed by atoms with Crippen LogP contribution in [0.1, 0.15) is 43.6 Å². The van der Waals surface area contributed by atoms with E-state index in [1.165, 1.54) is 0 Å². The Morgan fingerprint density at radius 3 is 1.89 bits per heavy atom. The predicted molar refractivity (Wildman–Crippen MR) is 107 cm³/mol. The highest BCUT2D eigenvalue weighted by Gasteiger charge is 2.21. The molecule has 2 aromatic carbocycles. The lowest BCUT2D eigenvalue weighted by molar-refractivity contribution is 0.0751. The van der Waals surface area contributed by atoms with E-state index < -0.39 is 0 Å². The average Bonchev–Trinajstić information content (AvgIpc) is 2.69. The van der Waals surface area contributed by atoms with Gasteiger partial charge in [0.2, 0.25) is 5.75 Å². The van der Waals surface area contributed by atoms with Crippen LogP contribution >= 0.6 is 0 Å². The minimum atomic E-state index is -0.0636. The van der Waals surface area contributed by atoms with Crippen molar-refractivity contribution < 1.29 is 19.0 Å². The number of hydrogen-bond donors (Lipinski definition) is 0. The van der Waals surface area contributed by atoms with E-state index in [-0.39, 0.29) is 5.91 Å². The molecule has 0 atom stereocenters. The Balaban J connectivity index is 2.37. The summed E-state index contributed by atoms with van der Waals surface area (Å²) in [5.41, 5.74) is 1.62. The molecule has 0 aromatic heterocycles. The van der Waals surface area contributed by atoms with Gasteiger partial charge in [0, 0.05) is 18.7 Å². The van der Waals surface area contributed by atoms with Gasteiger partial charge in [-0.25, -0.2) is 0 Å². The smallest absolute Gasteiger partial charge is 0.254 e. The molecule has 5 nitrogen and oxygen atoms in total. The lowest BCUT2D eigenvalue weighted by Crippen LogP contribution is -2.30. The normalized spacial score (nSPS) is 10.4. The summed E-state index contributed by atoms with van der Waals surface area (Å²) in [7, 11) is 0. The molecule has 0 unspecified atom stereocenters. The van der Waals surface area contributed by atoms with Gasteiger partial charge < -0.3 is 19.1 Å². The van der Waals surface area contributed by atoms with E-state index in [0.717, 1.165) is 5.56 Å². The minimum absolute atomic E-state index is 0.0636. The van der Waals surface area contributed by atoms with Crippen molar-refractivity contribution in [3.8, 4) is 17.2 Å². The number of nitrogens with zero attached hydrogens (tertiary/aromatic N) is 1. The van der Waals surface area contributed by atoms with Gasteiger partial charge in [-0.05, 0) is 45.4 Å². The number of benzene rings is 2. The zero-order chi connectivity index (χ0) is 19.6. The number of rotatable bonds is 10. The van der Waals surface area contributed by atoms with Crippen molar-refractivity contribution in [1.29, 1.82) is 0 Å². The molecule has 0 fully saturated rings. The van der Waals surface area contributed by atoms with E-state index in [1.807, 2.05) is 58.0 Å². The van der Waals surface area contributed by atoms with E-state index in [2.05, 4.69) is 0 Å². The van der Waals surface area contributed by atoms with Crippen LogP contribution in [0.2, 0.25) is 0 Å². The van der Waals surface area contributed by atoms with E-state index in [1.54, 1.807) is 17.0 Å². The molecular formula is C22H29NO4. The second-order valence-electron chi connectivity index (χ2n) is 5.91. The summed E-state index contributed by atoms with van der Waals surface area (Å²) in [4.78, 5) is 14.9. The molecule has 0 aliphatic heterocycles. The molecule has 2 aromatic rings. The molecule has 0 heterocycles. The average molecular weight is 371 g/mol. The van der Waals surface area contributed by atoms with Crippen LogP contribution in [-0.2, 0) is 6.54 Å². The molecule has 146 valence electrons. The second-order valence-corrected chi connectivity index (χ2v) is 5.91. The molecule has 0 aliphatic rings. The van der Waals surface area contributed by atoms with Gasteiger partial charge in [-0.15, -0.1) is 0 Å². The first-order chi connectivity index (χ1) is 13.1. The van der Waals surface area contributed by atoms with Crippen molar-refractivity contribution in [2.24, 2.45) is 0 Å². The molecule has 27 heavy (non-hydrogen) atoms. The highest BCUT2D eigenvalue weighted by Crippen LogP contribution is 2.39. The fourth-order valence-electron chi connectivity index (χ4n) is 2.83. The van der Waals surface area contributed by atoms with Crippen LogP contribution in [0.3, 0.4) is 0 Å². The summed E-state index contributed by atoms with van der Waals surface area (Å²) < 4.78 is 17.2. The molecule has 0 saturated heterocycles. The van der Waals surface area contributed by atoms with E-state index >= 15 is 0 Å². The lowest BCUT2D eigenvalue weighted by Gasteiger charge is -2.23. The van der Waals surface area contributed by atoms with Crippen LogP contribution in [0.4, 0.5) is 0 Å². The van der Waals surface area contributed by atoms with Crippen LogP contribution in [0.5, 0.6) is 17.2 Å². The molecule has 0 bridgehead atoms. The van der Waals surface area contributed by atoms with Crippen LogP contribution < -0.4 is 14.2 Å². The fourth-order valence-corrected chi connectivity index (χ4v) is 2.83. The summed E-state index contributed by atoms with van der Waals surface area (Å²) in [6.07, 6.45) is 0. The maximum atomic E-state index is 13.1. The summed E-state index contributed by atoms with van der Waals surface area (Å²) in [6.45, 7) is 10.3. The highest BCUT2D eigenvalue weighted by molar-refractivity contribution is 5.95.